The molecule has 2 aliphatic heterocycles. The van der Waals surface area contributed by atoms with Crippen LogP contribution in [-0.4, -0.2) is 55.3 Å². The van der Waals surface area contributed by atoms with Crippen LogP contribution >= 0.6 is 0 Å². The van der Waals surface area contributed by atoms with Crippen molar-refractivity contribution in [3.63, 3.8) is 0 Å². The standard InChI is InChI=1S/C21H28N6O/c1-22-20(25-14-16-9-13-28-19-8-3-2-7-18(16)19)26-17-6-4-12-27(15-17)21-23-10-5-11-24-21/h2-3,5,7-8,10-11,16-17H,4,6,9,12-15H2,1H3,(H2,22,25,26). The summed E-state index contributed by atoms with van der Waals surface area (Å²) in [5, 5.41) is 7.09. The Bertz CT molecular complexity index is 796. The van der Waals surface area contributed by atoms with Crippen molar-refractivity contribution >= 4 is 11.9 Å². The third-order valence-electron chi connectivity index (χ3n) is 5.42. The Morgan fingerprint density at radius 3 is 2.93 bits per heavy atom. The Balaban J connectivity index is 1.33. The van der Waals surface area contributed by atoms with Crippen molar-refractivity contribution < 1.29 is 4.74 Å². The molecule has 7 heteroatoms. The molecule has 0 amide bonds. The van der Waals surface area contributed by atoms with Crippen molar-refractivity contribution in [3.05, 3.63) is 48.3 Å². The molecule has 7 nitrogen and oxygen atoms in total. The van der Waals surface area contributed by atoms with Crippen LogP contribution in [0.4, 0.5) is 5.95 Å². The van der Waals surface area contributed by atoms with E-state index in [1.807, 2.05) is 19.2 Å². The lowest BCUT2D eigenvalue weighted by molar-refractivity contribution is 0.267. The van der Waals surface area contributed by atoms with Crippen LogP contribution in [0.3, 0.4) is 0 Å². The fourth-order valence-corrected chi connectivity index (χ4v) is 3.97. The van der Waals surface area contributed by atoms with Gasteiger partial charge in [-0.3, -0.25) is 4.99 Å². The first-order valence-corrected chi connectivity index (χ1v) is 10.0. The second-order valence-corrected chi connectivity index (χ2v) is 7.30. The van der Waals surface area contributed by atoms with E-state index in [1.165, 1.54) is 5.56 Å². The molecular weight excluding hydrogens is 352 g/mol. The van der Waals surface area contributed by atoms with Gasteiger partial charge in [-0.25, -0.2) is 9.97 Å². The van der Waals surface area contributed by atoms with E-state index in [1.54, 1.807) is 12.4 Å². The van der Waals surface area contributed by atoms with Gasteiger partial charge in [-0.05, 0) is 37.0 Å². The molecule has 28 heavy (non-hydrogen) atoms. The van der Waals surface area contributed by atoms with Crippen LogP contribution in [0.25, 0.3) is 0 Å². The van der Waals surface area contributed by atoms with Crippen molar-refractivity contribution in [1.82, 2.24) is 20.6 Å². The first-order chi connectivity index (χ1) is 13.8. The van der Waals surface area contributed by atoms with Crippen LogP contribution in [0.1, 0.15) is 30.7 Å². The summed E-state index contributed by atoms with van der Waals surface area (Å²) in [5.41, 5.74) is 1.28. The largest absolute Gasteiger partial charge is 0.493 e. The van der Waals surface area contributed by atoms with Crippen molar-refractivity contribution in [2.24, 2.45) is 4.99 Å². The summed E-state index contributed by atoms with van der Waals surface area (Å²) in [5.74, 6) is 3.10. The number of fused-ring (bicyclic) bond motifs is 1. The molecule has 1 saturated heterocycles. The van der Waals surface area contributed by atoms with E-state index in [0.717, 1.165) is 63.2 Å². The smallest absolute Gasteiger partial charge is 0.225 e. The highest BCUT2D eigenvalue weighted by Gasteiger charge is 2.24. The first kappa shape index (κ1) is 18.5. The van der Waals surface area contributed by atoms with E-state index in [0.29, 0.717) is 12.0 Å². The second-order valence-electron chi connectivity index (χ2n) is 7.30. The molecule has 3 heterocycles. The third-order valence-corrected chi connectivity index (χ3v) is 5.42. The molecule has 2 atom stereocenters. The zero-order valence-electron chi connectivity index (χ0n) is 16.3. The Kier molecular flexibility index (Phi) is 5.89. The zero-order valence-corrected chi connectivity index (χ0v) is 16.3. The number of guanidine groups is 1. The van der Waals surface area contributed by atoms with Crippen LogP contribution < -0.4 is 20.3 Å². The second kappa shape index (κ2) is 8.91. The fourth-order valence-electron chi connectivity index (χ4n) is 3.97. The van der Waals surface area contributed by atoms with Gasteiger partial charge in [0.15, 0.2) is 5.96 Å². The minimum absolute atomic E-state index is 0.325. The quantitative estimate of drug-likeness (QED) is 0.626. The maximum absolute atomic E-state index is 5.77. The summed E-state index contributed by atoms with van der Waals surface area (Å²) in [7, 11) is 1.83. The number of anilines is 1. The van der Waals surface area contributed by atoms with E-state index in [4.69, 9.17) is 4.74 Å². The predicted molar refractivity (Wildman–Crippen MR) is 111 cm³/mol. The van der Waals surface area contributed by atoms with Gasteiger partial charge in [-0.1, -0.05) is 18.2 Å². The van der Waals surface area contributed by atoms with E-state index in [-0.39, 0.29) is 0 Å². The molecule has 0 aliphatic carbocycles. The Morgan fingerprint density at radius 1 is 1.21 bits per heavy atom. The molecule has 0 spiro atoms. The number of aromatic nitrogens is 2. The van der Waals surface area contributed by atoms with Gasteiger partial charge in [0.1, 0.15) is 5.75 Å². The SMILES string of the molecule is CN=C(NCC1CCOc2ccccc21)NC1CCCN(c2ncccn2)C1. The molecule has 0 radical (unpaired) electrons. The summed E-state index contributed by atoms with van der Waals surface area (Å²) in [6.07, 6.45) is 6.84. The van der Waals surface area contributed by atoms with Gasteiger partial charge >= 0.3 is 0 Å². The lowest BCUT2D eigenvalue weighted by Gasteiger charge is -2.34. The van der Waals surface area contributed by atoms with Crippen LogP contribution in [0.2, 0.25) is 0 Å². The van der Waals surface area contributed by atoms with Gasteiger partial charge < -0.3 is 20.3 Å². The summed E-state index contributed by atoms with van der Waals surface area (Å²) in [6, 6.07) is 10.5. The normalized spacial score (nSPS) is 22.2. The number of hydrogen-bond donors (Lipinski definition) is 2. The van der Waals surface area contributed by atoms with Gasteiger partial charge in [0.25, 0.3) is 0 Å². The molecule has 1 fully saturated rings. The highest BCUT2D eigenvalue weighted by molar-refractivity contribution is 5.80. The number of piperidine rings is 1. The Hall–Kier alpha value is -2.83. The molecule has 148 valence electrons. The molecule has 2 unspecified atom stereocenters. The first-order valence-electron chi connectivity index (χ1n) is 10.0. The van der Waals surface area contributed by atoms with Gasteiger partial charge in [-0.2, -0.15) is 0 Å². The number of aliphatic imine (C=N–C) groups is 1. The summed E-state index contributed by atoms with van der Waals surface area (Å²) >= 11 is 0. The summed E-state index contributed by atoms with van der Waals surface area (Å²) in [6.45, 7) is 3.49. The number of hydrogen-bond acceptors (Lipinski definition) is 5. The highest BCUT2D eigenvalue weighted by Crippen LogP contribution is 2.32. The maximum atomic E-state index is 5.77. The molecule has 1 aromatic heterocycles. The van der Waals surface area contributed by atoms with Gasteiger partial charge in [0.2, 0.25) is 5.95 Å². The van der Waals surface area contributed by atoms with Gasteiger partial charge in [0.05, 0.1) is 6.61 Å². The summed E-state index contributed by atoms with van der Waals surface area (Å²) < 4.78 is 5.77. The van der Waals surface area contributed by atoms with Crippen LogP contribution in [0.15, 0.2) is 47.7 Å². The number of rotatable bonds is 4. The number of nitrogens with one attached hydrogen (secondary N) is 2. The third kappa shape index (κ3) is 4.35. The molecule has 1 aromatic carbocycles. The average molecular weight is 380 g/mol. The minimum Gasteiger partial charge on any atom is -0.493 e. The lowest BCUT2D eigenvalue weighted by atomic mass is 9.93. The number of nitrogens with zero attached hydrogens (tertiary/aromatic N) is 4. The monoisotopic (exact) mass is 380 g/mol. The highest BCUT2D eigenvalue weighted by atomic mass is 16.5. The van der Waals surface area contributed by atoms with Crippen LogP contribution in [0.5, 0.6) is 5.75 Å². The summed E-state index contributed by atoms with van der Waals surface area (Å²) in [4.78, 5) is 15.4. The van der Waals surface area contributed by atoms with Crippen molar-refractivity contribution in [3.8, 4) is 5.75 Å². The lowest BCUT2D eigenvalue weighted by Crippen LogP contribution is -2.52. The minimum atomic E-state index is 0.325. The topological polar surface area (TPSA) is 74.7 Å². The maximum Gasteiger partial charge on any atom is 0.225 e. The van der Waals surface area contributed by atoms with E-state index < -0.39 is 0 Å². The molecule has 2 aliphatic rings. The number of para-hydroxylation sites is 1. The average Bonchev–Trinajstić information content (AvgIpc) is 2.77. The Morgan fingerprint density at radius 2 is 2.07 bits per heavy atom. The van der Waals surface area contributed by atoms with Crippen molar-refractivity contribution in [2.45, 2.75) is 31.2 Å². The molecule has 2 aromatic rings. The molecular formula is C21H28N6O. The molecule has 2 N–H and O–H groups in total. The fraction of sp³-hybridized carbons (Fsp3) is 0.476. The van der Waals surface area contributed by atoms with Crippen molar-refractivity contribution in [2.75, 3.05) is 38.2 Å². The Labute approximate surface area is 166 Å². The molecule has 0 bridgehead atoms. The number of benzene rings is 1. The van der Waals surface area contributed by atoms with Crippen LogP contribution in [-0.2, 0) is 0 Å². The van der Waals surface area contributed by atoms with Gasteiger partial charge in [-0.15, -0.1) is 0 Å². The molecule has 0 saturated carbocycles. The van der Waals surface area contributed by atoms with Crippen LogP contribution in [0, 0.1) is 0 Å². The van der Waals surface area contributed by atoms with E-state index in [2.05, 4.69) is 48.7 Å². The van der Waals surface area contributed by atoms with Gasteiger partial charge in [0, 0.05) is 51.0 Å². The number of ether oxygens (including phenoxy) is 1. The zero-order chi connectivity index (χ0) is 19.2. The van der Waals surface area contributed by atoms with E-state index >= 15 is 0 Å². The predicted octanol–water partition coefficient (Wildman–Crippen LogP) is 2.18. The molecule has 4 rings (SSSR count). The van der Waals surface area contributed by atoms with E-state index in [9.17, 15) is 0 Å². The van der Waals surface area contributed by atoms with Crippen molar-refractivity contribution in [1.29, 1.82) is 0 Å².